The van der Waals surface area contributed by atoms with Gasteiger partial charge in [-0.1, -0.05) is 0 Å². The number of methoxy groups -OCH3 is 1. The van der Waals surface area contributed by atoms with Crippen LogP contribution in [0, 0.1) is 3.70 Å². The lowest BCUT2D eigenvalue weighted by atomic mass is 10.1. The number of carbonyl (C=O) groups excluding carboxylic acids is 1. The van der Waals surface area contributed by atoms with Gasteiger partial charge in [0.15, 0.2) is 0 Å². The number of esters is 1. The second-order valence-corrected chi connectivity index (χ2v) is 3.74. The van der Waals surface area contributed by atoms with Crippen LogP contribution in [0.4, 0.5) is 8.78 Å². The van der Waals surface area contributed by atoms with Crippen molar-refractivity contribution in [2.75, 3.05) is 7.11 Å². The predicted molar refractivity (Wildman–Crippen MR) is 57.6 cm³/mol. The normalized spacial score (nSPS) is 10.5. The molecule has 0 atom stereocenters. The lowest BCUT2D eigenvalue weighted by Crippen LogP contribution is -2.09. The Labute approximate surface area is 99.0 Å². The van der Waals surface area contributed by atoms with Crippen LogP contribution in [0.15, 0.2) is 12.3 Å². The summed E-state index contributed by atoms with van der Waals surface area (Å²) in [6.45, 7) is 0. The van der Waals surface area contributed by atoms with Crippen molar-refractivity contribution >= 4 is 28.6 Å². The van der Waals surface area contributed by atoms with Crippen molar-refractivity contribution < 1.29 is 18.3 Å². The van der Waals surface area contributed by atoms with Crippen molar-refractivity contribution in [2.45, 2.75) is 12.8 Å². The van der Waals surface area contributed by atoms with E-state index < -0.39 is 12.4 Å². The van der Waals surface area contributed by atoms with E-state index in [1.165, 1.54) is 19.4 Å². The summed E-state index contributed by atoms with van der Waals surface area (Å²) in [5, 5.41) is 0. The SMILES string of the molecule is COC(=O)Cc1c(C(F)F)ccnc1I. The van der Waals surface area contributed by atoms with Gasteiger partial charge >= 0.3 is 5.97 Å². The minimum Gasteiger partial charge on any atom is -0.469 e. The summed E-state index contributed by atoms with van der Waals surface area (Å²) in [6.07, 6.45) is -1.49. The van der Waals surface area contributed by atoms with Crippen LogP contribution >= 0.6 is 22.6 Å². The van der Waals surface area contributed by atoms with E-state index >= 15 is 0 Å². The number of carbonyl (C=O) groups is 1. The molecule has 0 fully saturated rings. The largest absolute Gasteiger partial charge is 0.469 e. The van der Waals surface area contributed by atoms with Gasteiger partial charge in [-0.2, -0.15) is 0 Å². The van der Waals surface area contributed by atoms with E-state index in [1.54, 1.807) is 0 Å². The van der Waals surface area contributed by atoms with Crippen LogP contribution in [-0.4, -0.2) is 18.1 Å². The third kappa shape index (κ3) is 3.08. The Bertz CT molecular complexity index is 371. The highest BCUT2D eigenvalue weighted by Crippen LogP contribution is 2.25. The Morgan fingerprint density at radius 2 is 2.33 bits per heavy atom. The Kier molecular flexibility index (Phi) is 4.37. The fraction of sp³-hybridized carbons (Fsp3) is 0.333. The van der Waals surface area contributed by atoms with Crippen molar-refractivity contribution in [1.82, 2.24) is 4.98 Å². The van der Waals surface area contributed by atoms with E-state index in [-0.39, 0.29) is 17.5 Å². The molecular formula is C9H8F2INO2. The molecule has 15 heavy (non-hydrogen) atoms. The number of hydrogen-bond donors (Lipinski definition) is 0. The first-order chi connectivity index (χ1) is 7.06. The molecule has 0 saturated heterocycles. The fourth-order valence-corrected chi connectivity index (χ4v) is 1.74. The van der Waals surface area contributed by atoms with Crippen LogP contribution in [0.25, 0.3) is 0 Å². The lowest BCUT2D eigenvalue weighted by molar-refractivity contribution is -0.139. The fourth-order valence-electron chi connectivity index (χ4n) is 1.08. The van der Waals surface area contributed by atoms with Gasteiger partial charge in [0, 0.05) is 17.3 Å². The molecule has 1 aromatic rings. The number of halogens is 3. The molecule has 1 rings (SSSR count). The Hall–Kier alpha value is -0.790. The summed E-state index contributed by atoms with van der Waals surface area (Å²) in [5.74, 6) is -0.553. The van der Waals surface area contributed by atoms with Crippen LogP contribution < -0.4 is 0 Å². The zero-order chi connectivity index (χ0) is 11.4. The van der Waals surface area contributed by atoms with Crippen molar-refractivity contribution in [1.29, 1.82) is 0 Å². The lowest BCUT2D eigenvalue weighted by Gasteiger charge is -2.08. The summed E-state index contributed by atoms with van der Waals surface area (Å²) >= 11 is 1.82. The molecule has 0 bridgehead atoms. The predicted octanol–water partition coefficient (Wildman–Crippen LogP) is 2.34. The first kappa shape index (κ1) is 12.3. The molecule has 6 heteroatoms. The van der Waals surface area contributed by atoms with Crippen LogP contribution in [0.3, 0.4) is 0 Å². The summed E-state index contributed by atoms with van der Waals surface area (Å²) in [4.78, 5) is 14.9. The summed E-state index contributed by atoms with van der Waals surface area (Å²) < 4.78 is 30.0. The van der Waals surface area contributed by atoms with E-state index in [1.807, 2.05) is 22.6 Å². The standard InChI is InChI=1S/C9H8F2INO2/c1-15-7(14)4-6-5(8(10)11)2-3-13-9(6)12/h2-3,8H,4H2,1H3. The minimum absolute atomic E-state index is 0.167. The minimum atomic E-state index is -2.61. The number of hydrogen-bond acceptors (Lipinski definition) is 3. The van der Waals surface area contributed by atoms with Gasteiger partial charge in [-0.3, -0.25) is 9.78 Å². The van der Waals surface area contributed by atoms with E-state index in [0.29, 0.717) is 3.70 Å². The molecule has 0 aromatic carbocycles. The maximum absolute atomic E-state index is 12.6. The molecule has 0 saturated carbocycles. The van der Waals surface area contributed by atoms with Gasteiger partial charge in [0.25, 0.3) is 6.43 Å². The number of nitrogens with zero attached hydrogens (tertiary/aromatic N) is 1. The van der Waals surface area contributed by atoms with Crippen LogP contribution in [0.5, 0.6) is 0 Å². The quantitative estimate of drug-likeness (QED) is 0.486. The Balaban J connectivity index is 3.07. The molecule has 0 aliphatic carbocycles. The molecule has 0 radical (unpaired) electrons. The highest BCUT2D eigenvalue weighted by Gasteiger charge is 2.18. The monoisotopic (exact) mass is 327 g/mol. The third-order valence-corrected chi connectivity index (χ3v) is 2.75. The molecular weight excluding hydrogens is 319 g/mol. The van der Waals surface area contributed by atoms with Crippen LogP contribution in [-0.2, 0) is 16.0 Å². The number of ether oxygens (including phenoxy) is 1. The van der Waals surface area contributed by atoms with Gasteiger partial charge in [-0.15, -0.1) is 0 Å². The average Bonchev–Trinajstić information content (AvgIpc) is 2.20. The second-order valence-electron chi connectivity index (χ2n) is 2.72. The van der Waals surface area contributed by atoms with Gasteiger partial charge in [0.1, 0.15) is 3.70 Å². The molecule has 0 amide bonds. The number of rotatable bonds is 3. The molecule has 0 spiro atoms. The van der Waals surface area contributed by atoms with Crippen molar-refractivity contribution in [3.05, 3.63) is 27.1 Å². The van der Waals surface area contributed by atoms with E-state index in [0.717, 1.165) is 0 Å². The third-order valence-electron chi connectivity index (χ3n) is 1.82. The van der Waals surface area contributed by atoms with Crippen LogP contribution in [0.2, 0.25) is 0 Å². The first-order valence-corrected chi connectivity index (χ1v) is 5.12. The average molecular weight is 327 g/mol. The van der Waals surface area contributed by atoms with Crippen molar-refractivity contribution in [3.63, 3.8) is 0 Å². The zero-order valence-electron chi connectivity index (χ0n) is 7.84. The molecule has 0 aliphatic rings. The summed E-state index contributed by atoms with van der Waals surface area (Å²) in [7, 11) is 1.22. The van der Waals surface area contributed by atoms with Gasteiger partial charge in [0.05, 0.1) is 13.5 Å². The Morgan fingerprint density at radius 3 is 2.87 bits per heavy atom. The van der Waals surface area contributed by atoms with Gasteiger partial charge in [0.2, 0.25) is 0 Å². The van der Waals surface area contributed by atoms with Crippen LogP contribution in [0.1, 0.15) is 17.6 Å². The molecule has 0 unspecified atom stereocenters. The molecule has 0 N–H and O–H groups in total. The van der Waals surface area contributed by atoms with Gasteiger partial charge < -0.3 is 4.74 Å². The van der Waals surface area contributed by atoms with E-state index in [9.17, 15) is 13.6 Å². The Morgan fingerprint density at radius 1 is 1.67 bits per heavy atom. The molecule has 0 aliphatic heterocycles. The van der Waals surface area contributed by atoms with Crippen molar-refractivity contribution in [3.8, 4) is 0 Å². The maximum Gasteiger partial charge on any atom is 0.310 e. The van der Waals surface area contributed by atoms with Gasteiger partial charge in [-0.25, -0.2) is 8.78 Å². The van der Waals surface area contributed by atoms with E-state index in [2.05, 4.69) is 9.72 Å². The maximum atomic E-state index is 12.6. The number of aromatic nitrogens is 1. The second kappa shape index (κ2) is 5.34. The highest BCUT2D eigenvalue weighted by molar-refractivity contribution is 14.1. The van der Waals surface area contributed by atoms with Crippen molar-refractivity contribution in [2.24, 2.45) is 0 Å². The number of pyridine rings is 1. The molecule has 1 heterocycles. The topological polar surface area (TPSA) is 39.2 Å². The molecule has 82 valence electrons. The first-order valence-electron chi connectivity index (χ1n) is 4.04. The van der Waals surface area contributed by atoms with E-state index in [4.69, 9.17) is 0 Å². The molecule has 3 nitrogen and oxygen atoms in total. The smallest absolute Gasteiger partial charge is 0.310 e. The molecule has 1 aromatic heterocycles. The summed E-state index contributed by atoms with van der Waals surface area (Å²) in [6, 6.07) is 1.21. The summed E-state index contributed by atoms with van der Waals surface area (Å²) in [5.41, 5.74) is 0.0692. The van der Waals surface area contributed by atoms with Gasteiger partial charge in [-0.05, 0) is 28.7 Å². The highest BCUT2D eigenvalue weighted by atomic mass is 127. The zero-order valence-corrected chi connectivity index (χ0v) is 9.99. The number of alkyl halides is 2.